The second kappa shape index (κ2) is 5.32. The summed E-state index contributed by atoms with van der Waals surface area (Å²) in [5.74, 6) is 0.858. The first-order chi connectivity index (χ1) is 9.65. The van der Waals surface area contributed by atoms with E-state index in [0.717, 1.165) is 35.1 Å². The van der Waals surface area contributed by atoms with Crippen LogP contribution in [0.4, 0.5) is 5.69 Å². The Morgan fingerprint density at radius 2 is 2.25 bits per heavy atom. The van der Waals surface area contributed by atoms with Crippen molar-refractivity contribution in [1.82, 2.24) is 5.32 Å². The quantitative estimate of drug-likeness (QED) is 0.826. The Morgan fingerprint density at radius 3 is 3.10 bits per heavy atom. The van der Waals surface area contributed by atoms with E-state index in [-0.39, 0.29) is 11.9 Å². The molecule has 20 heavy (non-hydrogen) atoms. The molecule has 0 spiro atoms. The zero-order valence-electron chi connectivity index (χ0n) is 10.9. The normalized spacial score (nSPS) is 17.6. The molecule has 4 nitrogen and oxygen atoms in total. The van der Waals surface area contributed by atoms with Crippen molar-refractivity contribution in [3.05, 3.63) is 51.9 Å². The molecule has 0 aliphatic heterocycles. The zero-order chi connectivity index (χ0) is 14.1. The van der Waals surface area contributed by atoms with Gasteiger partial charge < -0.3 is 15.5 Å². The molecule has 0 saturated carbocycles. The third-order valence-electron chi connectivity index (χ3n) is 3.59. The van der Waals surface area contributed by atoms with E-state index >= 15 is 0 Å². The average molecular weight is 335 g/mol. The molecule has 1 aromatic heterocycles. The molecule has 1 aliphatic rings. The van der Waals surface area contributed by atoms with Crippen LogP contribution in [0.5, 0.6) is 0 Å². The third-order valence-corrected chi connectivity index (χ3v) is 4.28. The van der Waals surface area contributed by atoms with E-state index < -0.39 is 0 Å². The summed E-state index contributed by atoms with van der Waals surface area (Å²) in [5, 5.41) is 3.06. The monoisotopic (exact) mass is 334 g/mol. The molecule has 104 valence electrons. The highest BCUT2D eigenvalue weighted by Gasteiger charge is 2.24. The lowest BCUT2D eigenvalue weighted by Gasteiger charge is -2.23. The first-order valence-corrected chi connectivity index (χ1v) is 7.36. The van der Waals surface area contributed by atoms with E-state index in [9.17, 15) is 4.79 Å². The van der Waals surface area contributed by atoms with Crippen LogP contribution in [0.3, 0.4) is 0 Å². The van der Waals surface area contributed by atoms with Crippen LogP contribution >= 0.6 is 15.9 Å². The molecule has 2 aromatic rings. The van der Waals surface area contributed by atoms with Crippen LogP contribution in [0.1, 0.15) is 40.6 Å². The number of hydrogen-bond acceptors (Lipinski definition) is 3. The number of nitrogens with two attached hydrogens (primary N) is 1. The molecule has 1 unspecified atom stereocenters. The maximum Gasteiger partial charge on any atom is 0.252 e. The number of benzene rings is 1. The number of carbonyl (C=O) groups is 1. The first-order valence-electron chi connectivity index (χ1n) is 6.57. The van der Waals surface area contributed by atoms with Gasteiger partial charge in [-0.2, -0.15) is 0 Å². The number of furan rings is 1. The molecule has 3 N–H and O–H groups in total. The summed E-state index contributed by atoms with van der Waals surface area (Å²) in [6.45, 7) is 0. The number of nitrogen functional groups attached to an aromatic ring is 1. The van der Waals surface area contributed by atoms with Gasteiger partial charge in [-0.15, -0.1) is 0 Å². The molecule has 0 saturated heterocycles. The molecule has 1 heterocycles. The van der Waals surface area contributed by atoms with Gasteiger partial charge in [0.05, 0.1) is 17.9 Å². The van der Waals surface area contributed by atoms with Crippen molar-refractivity contribution in [2.24, 2.45) is 0 Å². The Bertz CT molecular complexity index is 651. The summed E-state index contributed by atoms with van der Waals surface area (Å²) in [7, 11) is 0. The number of aryl methyl sites for hydroxylation is 1. The van der Waals surface area contributed by atoms with Crippen LogP contribution in [0.15, 0.2) is 39.4 Å². The molecule has 1 amide bonds. The number of hydrogen-bond donors (Lipinski definition) is 2. The predicted octanol–water partition coefficient (Wildman–Crippen LogP) is 3.43. The van der Waals surface area contributed by atoms with Crippen molar-refractivity contribution in [3.8, 4) is 0 Å². The van der Waals surface area contributed by atoms with Crippen LogP contribution in [0.2, 0.25) is 0 Å². The van der Waals surface area contributed by atoms with E-state index in [4.69, 9.17) is 10.2 Å². The van der Waals surface area contributed by atoms with Gasteiger partial charge in [0, 0.05) is 22.1 Å². The van der Waals surface area contributed by atoms with Crippen molar-refractivity contribution >= 4 is 27.5 Å². The van der Waals surface area contributed by atoms with Gasteiger partial charge in [-0.3, -0.25) is 4.79 Å². The maximum absolute atomic E-state index is 12.4. The lowest BCUT2D eigenvalue weighted by molar-refractivity contribution is 0.0931. The van der Waals surface area contributed by atoms with E-state index in [0.29, 0.717) is 11.3 Å². The number of carbonyl (C=O) groups excluding carboxylic acids is 1. The van der Waals surface area contributed by atoms with Crippen molar-refractivity contribution in [2.75, 3.05) is 5.73 Å². The highest BCUT2D eigenvalue weighted by molar-refractivity contribution is 9.10. The van der Waals surface area contributed by atoms with Gasteiger partial charge in [0.25, 0.3) is 5.91 Å². The number of rotatable bonds is 2. The molecule has 3 rings (SSSR count). The summed E-state index contributed by atoms with van der Waals surface area (Å²) >= 11 is 3.39. The second-order valence-electron chi connectivity index (χ2n) is 4.96. The topological polar surface area (TPSA) is 68.3 Å². The first kappa shape index (κ1) is 13.2. The Balaban J connectivity index is 1.82. The molecule has 1 atom stereocenters. The minimum absolute atomic E-state index is 0.0123. The molecule has 1 aliphatic carbocycles. The number of fused-ring (bicyclic) bond motifs is 1. The predicted molar refractivity (Wildman–Crippen MR) is 80.4 cm³/mol. The highest BCUT2D eigenvalue weighted by Crippen LogP contribution is 2.31. The highest BCUT2D eigenvalue weighted by atomic mass is 79.9. The van der Waals surface area contributed by atoms with E-state index in [1.807, 2.05) is 6.07 Å². The minimum atomic E-state index is -0.122. The third kappa shape index (κ3) is 2.45. The number of anilines is 1. The molecular formula is C15H15BrN2O2. The average Bonchev–Trinajstić information content (AvgIpc) is 2.91. The molecule has 5 heteroatoms. The van der Waals surface area contributed by atoms with Gasteiger partial charge in [0.15, 0.2) is 0 Å². The van der Waals surface area contributed by atoms with E-state index in [2.05, 4.69) is 21.2 Å². The number of nitrogens with one attached hydrogen (secondary N) is 1. The molecular weight excluding hydrogens is 320 g/mol. The molecule has 0 bridgehead atoms. The summed E-state index contributed by atoms with van der Waals surface area (Å²) in [4.78, 5) is 12.4. The van der Waals surface area contributed by atoms with Crippen molar-refractivity contribution in [2.45, 2.75) is 25.3 Å². The van der Waals surface area contributed by atoms with Crippen molar-refractivity contribution in [1.29, 1.82) is 0 Å². The Hall–Kier alpha value is -1.75. The van der Waals surface area contributed by atoms with Gasteiger partial charge in [-0.1, -0.05) is 0 Å². The van der Waals surface area contributed by atoms with Gasteiger partial charge in [-0.25, -0.2) is 0 Å². The summed E-state index contributed by atoms with van der Waals surface area (Å²) in [6.07, 6.45) is 4.57. The Kier molecular flexibility index (Phi) is 3.53. The largest absolute Gasteiger partial charge is 0.469 e. The Labute approximate surface area is 125 Å². The zero-order valence-corrected chi connectivity index (χ0v) is 12.4. The molecule has 1 aromatic carbocycles. The van der Waals surface area contributed by atoms with Gasteiger partial charge in [0.2, 0.25) is 0 Å². The SMILES string of the molecule is Nc1ccc(Br)c(C(=O)NC2CCCc3occc32)c1. The lowest BCUT2D eigenvalue weighted by Crippen LogP contribution is -2.30. The standard InChI is InChI=1S/C15H15BrN2O2/c16-12-5-4-9(17)8-11(12)15(19)18-13-2-1-3-14-10(13)6-7-20-14/h4-8,13H,1-3,17H2,(H,18,19). The summed E-state index contributed by atoms with van der Waals surface area (Å²) in [5.41, 5.74) is 7.96. The summed E-state index contributed by atoms with van der Waals surface area (Å²) in [6, 6.07) is 7.18. The fraction of sp³-hybridized carbons (Fsp3) is 0.267. The smallest absolute Gasteiger partial charge is 0.252 e. The fourth-order valence-electron chi connectivity index (χ4n) is 2.59. The summed E-state index contributed by atoms with van der Waals surface area (Å²) < 4.78 is 6.18. The van der Waals surface area contributed by atoms with E-state index in [1.54, 1.807) is 24.5 Å². The van der Waals surface area contributed by atoms with Crippen LogP contribution < -0.4 is 11.1 Å². The lowest BCUT2D eigenvalue weighted by atomic mass is 9.93. The molecule has 0 radical (unpaired) electrons. The maximum atomic E-state index is 12.4. The molecule has 0 fully saturated rings. The minimum Gasteiger partial charge on any atom is -0.469 e. The van der Waals surface area contributed by atoms with Crippen LogP contribution in [-0.2, 0) is 6.42 Å². The van der Waals surface area contributed by atoms with Crippen LogP contribution in [0, 0.1) is 0 Å². The van der Waals surface area contributed by atoms with Crippen molar-refractivity contribution < 1.29 is 9.21 Å². The van der Waals surface area contributed by atoms with Crippen molar-refractivity contribution in [3.63, 3.8) is 0 Å². The van der Waals surface area contributed by atoms with Gasteiger partial charge in [0.1, 0.15) is 5.76 Å². The fourth-order valence-corrected chi connectivity index (χ4v) is 3.02. The number of halogens is 1. The van der Waals surface area contributed by atoms with Crippen LogP contribution in [0.25, 0.3) is 0 Å². The van der Waals surface area contributed by atoms with Gasteiger partial charge in [-0.05, 0) is 53.0 Å². The van der Waals surface area contributed by atoms with Crippen LogP contribution in [-0.4, -0.2) is 5.91 Å². The van der Waals surface area contributed by atoms with Gasteiger partial charge >= 0.3 is 0 Å². The number of amides is 1. The second-order valence-corrected chi connectivity index (χ2v) is 5.81. The Morgan fingerprint density at radius 1 is 1.40 bits per heavy atom. The van der Waals surface area contributed by atoms with E-state index in [1.165, 1.54) is 0 Å².